The number of carbonyl (C=O) groups excluding carboxylic acids is 1. The minimum Gasteiger partial charge on any atom is -0.489 e. The number of nitrogens with zero attached hydrogens (tertiary/aromatic N) is 2. The van der Waals surface area contributed by atoms with Crippen LogP contribution < -0.4 is 10.1 Å². The maximum Gasteiger partial charge on any atom is 0.253 e. The van der Waals surface area contributed by atoms with E-state index in [9.17, 15) is 4.79 Å². The van der Waals surface area contributed by atoms with E-state index in [4.69, 9.17) is 4.74 Å². The number of hydrogen-bond acceptors (Lipinski definition) is 4. The number of amides is 1. The van der Waals surface area contributed by atoms with Gasteiger partial charge in [0, 0.05) is 36.6 Å². The lowest BCUT2D eigenvalue weighted by molar-refractivity contribution is 0.0690. The summed E-state index contributed by atoms with van der Waals surface area (Å²) in [5, 5.41) is 3.40. The molecule has 1 aliphatic rings. The summed E-state index contributed by atoms with van der Waals surface area (Å²) in [7, 11) is 0. The second-order valence-corrected chi connectivity index (χ2v) is 6.72. The third kappa shape index (κ3) is 6.97. The van der Waals surface area contributed by atoms with Gasteiger partial charge in [-0.25, -0.2) is 0 Å². The third-order valence-electron chi connectivity index (χ3n) is 4.79. The standard InChI is InChI=1S/C21H27N3O2.2ClH/c1-2-22-14-17-8-11-24(12-9-17)21(25)19-6-3-7-20(13-19)26-16-18-5-4-10-23-15-18;;/h3-7,10,13,15,17,22H,2,8-9,11-12,14,16H2,1H3;2*1H. The Morgan fingerprint density at radius 2 is 2.00 bits per heavy atom. The Kier molecular flexibility index (Phi) is 10.9. The predicted molar refractivity (Wildman–Crippen MR) is 117 cm³/mol. The topological polar surface area (TPSA) is 54.5 Å². The molecule has 3 rings (SSSR count). The number of carbonyl (C=O) groups is 1. The molecule has 0 unspecified atom stereocenters. The zero-order valence-electron chi connectivity index (χ0n) is 16.2. The molecule has 5 nitrogen and oxygen atoms in total. The van der Waals surface area contributed by atoms with Gasteiger partial charge < -0.3 is 15.0 Å². The van der Waals surface area contributed by atoms with Crippen molar-refractivity contribution in [1.29, 1.82) is 0 Å². The van der Waals surface area contributed by atoms with E-state index >= 15 is 0 Å². The quantitative estimate of drug-likeness (QED) is 0.728. The van der Waals surface area contributed by atoms with E-state index in [1.54, 1.807) is 12.4 Å². The summed E-state index contributed by atoms with van der Waals surface area (Å²) < 4.78 is 5.81. The molecule has 2 heterocycles. The van der Waals surface area contributed by atoms with E-state index in [1.165, 1.54) is 0 Å². The highest BCUT2D eigenvalue weighted by atomic mass is 35.5. The van der Waals surface area contributed by atoms with Crippen LogP contribution in [0.2, 0.25) is 0 Å². The Balaban J connectivity index is 0.00000196. The molecule has 1 saturated heterocycles. The van der Waals surface area contributed by atoms with Gasteiger partial charge in [0.05, 0.1) is 0 Å². The van der Waals surface area contributed by atoms with Gasteiger partial charge in [-0.05, 0) is 56.1 Å². The highest BCUT2D eigenvalue weighted by Crippen LogP contribution is 2.21. The molecule has 0 aliphatic carbocycles. The van der Waals surface area contributed by atoms with E-state index < -0.39 is 0 Å². The molecule has 0 saturated carbocycles. The van der Waals surface area contributed by atoms with Gasteiger partial charge in [0.2, 0.25) is 0 Å². The van der Waals surface area contributed by atoms with Gasteiger partial charge in [-0.1, -0.05) is 19.1 Å². The number of halogens is 2. The van der Waals surface area contributed by atoms with E-state index in [0.717, 1.165) is 44.6 Å². The number of rotatable bonds is 7. The molecule has 0 atom stereocenters. The van der Waals surface area contributed by atoms with E-state index in [1.807, 2.05) is 41.3 Å². The van der Waals surface area contributed by atoms with Gasteiger partial charge in [-0.15, -0.1) is 24.8 Å². The van der Waals surface area contributed by atoms with Crippen molar-refractivity contribution in [2.75, 3.05) is 26.2 Å². The first-order valence-electron chi connectivity index (χ1n) is 9.38. The molecule has 1 aliphatic heterocycles. The van der Waals surface area contributed by atoms with Crippen LogP contribution in [0, 0.1) is 5.92 Å². The molecule has 7 heteroatoms. The maximum absolute atomic E-state index is 12.8. The highest BCUT2D eigenvalue weighted by molar-refractivity contribution is 5.94. The number of piperidine rings is 1. The molecule has 1 aromatic heterocycles. The fraction of sp³-hybridized carbons (Fsp3) is 0.429. The summed E-state index contributed by atoms with van der Waals surface area (Å²) in [6.07, 6.45) is 5.66. The lowest BCUT2D eigenvalue weighted by atomic mass is 9.96. The molecule has 0 bridgehead atoms. The van der Waals surface area contributed by atoms with Crippen molar-refractivity contribution in [2.45, 2.75) is 26.4 Å². The Morgan fingerprint density at radius 3 is 2.68 bits per heavy atom. The van der Waals surface area contributed by atoms with Crippen LogP contribution in [-0.4, -0.2) is 42.0 Å². The number of pyridine rings is 1. The highest BCUT2D eigenvalue weighted by Gasteiger charge is 2.23. The van der Waals surface area contributed by atoms with Crippen LogP contribution in [0.3, 0.4) is 0 Å². The zero-order valence-corrected chi connectivity index (χ0v) is 17.8. The smallest absolute Gasteiger partial charge is 0.253 e. The van der Waals surface area contributed by atoms with Gasteiger partial charge in [0.15, 0.2) is 0 Å². The first-order chi connectivity index (χ1) is 12.8. The summed E-state index contributed by atoms with van der Waals surface area (Å²) in [6.45, 7) is 6.29. The molecule has 0 spiro atoms. The molecule has 1 amide bonds. The number of aromatic nitrogens is 1. The minimum absolute atomic E-state index is 0. The van der Waals surface area contributed by atoms with Crippen molar-refractivity contribution in [2.24, 2.45) is 5.92 Å². The number of ether oxygens (including phenoxy) is 1. The number of likely N-dealkylation sites (tertiary alicyclic amines) is 1. The second-order valence-electron chi connectivity index (χ2n) is 6.72. The average molecular weight is 426 g/mol. The first-order valence-corrected chi connectivity index (χ1v) is 9.38. The number of hydrogen-bond donors (Lipinski definition) is 1. The lowest BCUT2D eigenvalue weighted by Gasteiger charge is -2.32. The summed E-state index contributed by atoms with van der Waals surface area (Å²) >= 11 is 0. The molecule has 154 valence electrons. The van der Waals surface area contributed by atoms with Crippen molar-refractivity contribution in [3.63, 3.8) is 0 Å². The number of nitrogens with one attached hydrogen (secondary N) is 1. The van der Waals surface area contributed by atoms with Gasteiger partial charge >= 0.3 is 0 Å². The summed E-state index contributed by atoms with van der Waals surface area (Å²) in [5.74, 6) is 1.48. The monoisotopic (exact) mass is 425 g/mol. The lowest BCUT2D eigenvalue weighted by Crippen LogP contribution is -2.40. The van der Waals surface area contributed by atoms with Gasteiger partial charge in [-0.3, -0.25) is 9.78 Å². The van der Waals surface area contributed by atoms with Crippen molar-refractivity contribution in [1.82, 2.24) is 15.2 Å². The largest absolute Gasteiger partial charge is 0.489 e. The van der Waals surface area contributed by atoms with Gasteiger partial charge in [-0.2, -0.15) is 0 Å². The van der Waals surface area contributed by atoms with E-state index in [2.05, 4.69) is 17.2 Å². The van der Waals surface area contributed by atoms with Crippen molar-refractivity contribution >= 4 is 30.7 Å². The summed E-state index contributed by atoms with van der Waals surface area (Å²) in [4.78, 5) is 18.8. The van der Waals surface area contributed by atoms with Crippen LogP contribution in [0.4, 0.5) is 0 Å². The molecule has 0 radical (unpaired) electrons. The van der Waals surface area contributed by atoms with Crippen LogP contribution in [0.1, 0.15) is 35.7 Å². The van der Waals surface area contributed by atoms with Gasteiger partial charge in [0.1, 0.15) is 12.4 Å². The minimum atomic E-state index is 0. The number of benzene rings is 1. The van der Waals surface area contributed by atoms with Crippen LogP contribution in [0.5, 0.6) is 5.75 Å². The predicted octanol–water partition coefficient (Wildman–Crippen LogP) is 3.97. The van der Waals surface area contributed by atoms with Crippen molar-refractivity contribution in [3.05, 3.63) is 59.9 Å². The normalized spacial score (nSPS) is 14.0. The first kappa shape index (κ1) is 24.2. The van der Waals surface area contributed by atoms with Crippen molar-refractivity contribution < 1.29 is 9.53 Å². The fourth-order valence-electron chi connectivity index (χ4n) is 3.24. The summed E-state index contributed by atoms with van der Waals surface area (Å²) in [6, 6.07) is 11.3. The van der Waals surface area contributed by atoms with Gasteiger partial charge in [0.25, 0.3) is 5.91 Å². The van der Waals surface area contributed by atoms with Crippen LogP contribution >= 0.6 is 24.8 Å². The molecular weight excluding hydrogens is 397 g/mol. The Morgan fingerprint density at radius 1 is 1.21 bits per heavy atom. The second kappa shape index (κ2) is 12.6. The Hall–Kier alpha value is -1.82. The summed E-state index contributed by atoms with van der Waals surface area (Å²) in [5.41, 5.74) is 1.70. The molecule has 1 fully saturated rings. The third-order valence-corrected chi connectivity index (χ3v) is 4.79. The molecular formula is C21H29Cl2N3O2. The maximum atomic E-state index is 12.8. The zero-order chi connectivity index (χ0) is 18.2. The molecule has 1 N–H and O–H groups in total. The fourth-order valence-corrected chi connectivity index (χ4v) is 3.24. The van der Waals surface area contributed by atoms with Crippen LogP contribution in [-0.2, 0) is 6.61 Å². The van der Waals surface area contributed by atoms with Crippen molar-refractivity contribution in [3.8, 4) is 5.75 Å². The average Bonchev–Trinajstić information content (AvgIpc) is 2.71. The van der Waals surface area contributed by atoms with Crippen LogP contribution in [0.15, 0.2) is 48.8 Å². The Labute approximate surface area is 179 Å². The SMILES string of the molecule is CCNCC1CCN(C(=O)c2cccc(OCc3cccnc3)c2)CC1.Cl.Cl. The van der Waals surface area contributed by atoms with E-state index in [0.29, 0.717) is 23.8 Å². The van der Waals surface area contributed by atoms with Crippen LogP contribution in [0.25, 0.3) is 0 Å². The Bertz CT molecular complexity index is 708. The molecule has 28 heavy (non-hydrogen) atoms. The van der Waals surface area contributed by atoms with E-state index in [-0.39, 0.29) is 30.7 Å². The molecule has 1 aromatic carbocycles. The molecule has 2 aromatic rings.